The zero-order chi connectivity index (χ0) is 15.7. The third-order valence-electron chi connectivity index (χ3n) is 4.72. The van der Waals surface area contributed by atoms with Crippen molar-refractivity contribution in [2.45, 2.75) is 37.8 Å². The Labute approximate surface area is 131 Å². The van der Waals surface area contributed by atoms with E-state index in [0.717, 1.165) is 37.0 Å². The third-order valence-corrected chi connectivity index (χ3v) is 4.72. The minimum atomic E-state index is -0.397. The van der Waals surface area contributed by atoms with Gasteiger partial charge < -0.3 is 20.1 Å². The Morgan fingerprint density at radius 2 is 2.23 bits per heavy atom. The first kappa shape index (κ1) is 15.2. The van der Waals surface area contributed by atoms with Gasteiger partial charge in [-0.25, -0.2) is 4.79 Å². The van der Waals surface area contributed by atoms with Crippen LogP contribution in [-0.2, 0) is 6.42 Å². The van der Waals surface area contributed by atoms with E-state index < -0.39 is 6.10 Å². The van der Waals surface area contributed by atoms with Crippen LogP contribution in [0.3, 0.4) is 0 Å². The van der Waals surface area contributed by atoms with Gasteiger partial charge in [-0.1, -0.05) is 12.1 Å². The number of rotatable bonds is 5. The summed E-state index contributed by atoms with van der Waals surface area (Å²) in [5.41, 5.74) is 2.33. The molecule has 0 spiro atoms. The predicted octanol–water partition coefficient (Wildman–Crippen LogP) is 2.09. The topological polar surface area (TPSA) is 61.8 Å². The maximum Gasteiger partial charge on any atom is 0.317 e. The van der Waals surface area contributed by atoms with Crippen LogP contribution in [0.4, 0.5) is 4.79 Å². The van der Waals surface area contributed by atoms with Crippen molar-refractivity contribution in [1.29, 1.82) is 0 Å². The standard InChI is InChI=1S/C17H24N2O3/c1-19(10-15(20)11-6-7-11)17(21)18-14-9-8-13-12(14)4-3-5-16(13)22-2/h3-5,11,14-15,20H,6-10H2,1-2H3,(H,18,21). The van der Waals surface area contributed by atoms with Crippen molar-refractivity contribution in [3.05, 3.63) is 29.3 Å². The van der Waals surface area contributed by atoms with Crippen LogP contribution in [0.5, 0.6) is 5.75 Å². The van der Waals surface area contributed by atoms with E-state index in [0.29, 0.717) is 12.5 Å². The molecule has 1 fully saturated rings. The Hall–Kier alpha value is -1.75. The van der Waals surface area contributed by atoms with Gasteiger partial charge in [0.1, 0.15) is 5.75 Å². The lowest BCUT2D eigenvalue weighted by molar-refractivity contribution is 0.112. The number of likely N-dealkylation sites (N-methyl/N-ethyl adjacent to an activating group) is 1. The molecule has 0 heterocycles. The van der Waals surface area contributed by atoms with Crippen LogP contribution in [0.25, 0.3) is 0 Å². The van der Waals surface area contributed by atoms with Gasteiger partial charge in [0.05, 0.1) is 19.3 Å². The average molecular weight is 304 g/mol. The molecule has 22 heavy (non-hydrogen) atoms. The van der Waals surface area contributed by atoms with Gasteiger partial charge >= 0.3 is 6.03 Å². The van der Waals surface area contributed by atoms with Gasteiger partial charge in [-0.3, -0.25) is 0 Å². The summed E-state index contributed by atoms with van der Waals surface area (Å²) in [6.45, 7) is 0.397. The number of nitrogens with zero attached hydrogens (tertiary/aromatic N) is 1. The summed E-state index contributed by atoms with van der Waals surface area (Å²) in [7, 11) is 3.41. The number of methoxy groups -OCH3 is 1. The van der Waals surface area contributed by atoms with E-state index in [1.54, 1.807) is 19.1 Å². The largest absolute Gasteiger partial charge is 0.496 e. The lowest BCUT2D eigenvalue weighted by Gasteiger charge is -2.24. The lowest BCUT2D eigenvalue weighted by atomic mass is 10.1. The van der Waals surface area contributed by atoms with Crippen molar-refractivity contribution in [2.75, 3.05) is 20.7 Å². The molecule has 3 rings (SSSR count). The minimum absolute atomic E-state index is 0.0260. The number of benzene rings is 1. The summed E-state index contributed by atoms with van der Waals surface area (Å²) < 4.78 is 5.39. The first-order valence-corrected chi connectivity index (χ1v) is 7.95. The number of hydrogen-bond donors (Lipinski definition) is 2. The number of nitrogens with one attached hydrogen (secondary N) is 1. The molecular weight excluding hydrogens is 280 g/mol. The van der Waals surface area contributed by atoms with Crippen molar-refractivity contribution in [2.24, 2.45) is 5.92 Å². The summed E-state index contributed by atoms with van der Waals surface area (Å²) in [5.74, 6) is 1.28. The highest BCUT2D eigenvalue weighted by Gasteiger charge is 2.32. The van der Waals surface area contributed by atoms with Crippen LogP contribution in [0, 0.1) is 5.92 Å². The van der Waals surface area contributed by atoms with Crippen LogP contribution < -0.4 is 10.1 Å². The van der Waals surface area contributed by atoms with E-state index >= 15 is 0 Å². The number of aliphatic hydroxyl groups excluding tert-OH is 1. The first-order valence-electron chi connectivity index (χ1n) is 7.95. The Morgan fingerprint density at radius 1 is 1.45 bits per heavy atom. The number of amides is 2. The number of aliphatic hydroxyl groups is 1. The molecule has 2 unspecified atom stereocenters. The Kier molecular flexibility index (Phi) is 4.25. The molecule has 0 bridgehead atoms. The van der Waals surface area contributed by atoms with Gasteiger partial charge in [0.15, 0.2) is 0 Å². The van der Waals surface area contributed by atoms with Gasteiger partial charge in [-0.2, -0.15) is 0 Å². The second kappa shape index (κ2) is 6.16. The Bertz CT molecular complexity index is 557. The molecule has 2 N–H and O–H groups in total. The maximum atomic E-state index is 12.3. The maximum absolute atomic E-state index is 12.3. The molecule has 0 aromatic heterocycles. The van der Waals surface area contributed by atoms with E-state index in [9.17, 15) is 9.90 Å². The van der Waals surface area contributed by atoms with E-state index in [1.165, 1.54) is 5.56 Å². The van der Waals surface area contributed by atoms with Gasteiger partial charge in [-0.15, -0.1) is 0 Å². The molecule has 0 radical (unpaired) electrons. The van der Waals surface area contributed by atoms with Crippen molar-refractivity contribution in [3.63, 3.8) is 0 Å². The fourth-order valence-corrected chi connectivity index (χ4v) is 3.21. The molecule has 0 saturated heterocycles. The summed E-state index contributed by atoms with van der Waals surface area (Å²) >= 11 is 0. The number of hydrogen-bond acceptors (Lipinski definition) is 3. The van der Waals surface area contributed by atoms with Crippen LogP contribution in [0.15, 0.2) is 18.2 Å². The van der Waals surface area contributed by atoms with Crippen molar-refractivity contribution in [3.8, 4) is 5.75 Å². The lowest BCUT2D eigenvalue weighted by Crippen LogP contribution is -2.42. The zero-order valence-electron chi connectivity index (χ0n) is 13.2. The molecule has 1 aromatic carbocycles. The highest BCUT2D eigenvalue weighted by molar-refractivity contribution is 5.74. The average Bonchev–Trinajstić information content (AvgIpc) is 3.29. The summed E-state index contributed by atoms with van der Waals surface area (Å²) in [4.78, 5) is 13.9. The molecule has 2 aliphatic carbocycles. The number of fused-ring (bicyclic) bond motifs is 1. The molecule has 2 atom stereocenters. The number of carbonyl (C=O) groups is 1. The molecule has 0 aliphatic heterocycles. The van der Waals surface area contributed by atoms with E-state index in [-0.39, 0.29) is 12.1 Å². The normalized spacial score (nSPS) is 21.1. The zero-order valence-corrected chi connectivity index (χ0v) is 13.2. The van der Waals surface area contributed by atoms with Gasteiger partial charge in [0.25, 0.3) is 0 Å². The quantitative estimate of drug-likeness (QED) is 0.875. The molecule has 120 valence electrons. The van der Waals surface area contributed by atoms with Gasteiger partial charge in [0, 0.05) is 13.6 Å². The Morgan fingerprint density at radius 3 is 2.91 bits per heavy atom. The molecular formula is C17H24N2O3. The fourth-order valence-electron chi connectivity index (χ4n) is 3.21. The minimum Gasteiger partial charge on any atom is -0.496 e. The van der Waals surface area contributed by atoms with Crippen LogP contribution >= 0.6 is 0 Å². The second-order valence-electron chi connectivity index (χ2n) is 6.35. The number of ether oxygens (including phenoxy) is 1. The van der Waals surface area contributed by atoms with Crippen molar-refractivity contribution < 1.29 is 14.6 Å². The van der Waals surface area contributed by atoms with Crippen molar-refractivity contribution >= 4 is 6.03 Å². The number of carbonyl (C=O) groups excluding carboxylic acids is 1. The van der Waals surface area contributed by atoms with E-state index in [4.69, 9.17) is 4.74 Å². The van der Waals surface area contributed by atoms with E-state index in [2.05, 4.69) is 11.4 Å². The predicted molar refractivity (Wildman–Crippen MR) is 83.9 cm³/mol. The first-order chi connectivity index (χ1) is 10.6. The smallest absolute Gasteiger partial charge is 0.317 e. The summed E-state index contributed by atoms with van der Waals surface area (Å²) in [6, 6.07) is 5.87. The fraction of sp³-hybridized carbons (Fsp3) is 0.588. The third kappa shape index (κ3) is 3.04. The molecule has 1 saturated carbocycles. The molecule has 2 amide bonds. The van der Waals surface area contributed by atoms with Gasteiger partial charge in [0.2, 0.25) is 0 Å². The van der Waals surface area contributed by atoms with E-state index in [1.807, 2.05) is 12.1 Å². The summed E-state index contributed by atoms with van der Waals surface area (Å²) in [5, 5.41) is 13.0. The number of urea groups is 1. The summed E-state index contributed by atoms with van der Waals surface area (Å²) in [6.07, 6.45) is 3.56. The second-order valence-corrected chi connectivity index (χ2v) is 6.35. The van der Waals surface area contributed by atoms with Gasteiger partial charge in [-0.05, 0) is 48.8 Å². The molecule has 5 heteroatoms. The SMILES string of the molecule is COc1cccc2c1CCC2NC(=O)N(C)CC(O)C1CC1. The monoisotopic (exact) mass is 304 g/mol. The highest BCUT2D eigenvalue weighted by Crippen LogP contribution is 2.37. The molecule has 5 nitrogen and oxygen atoms in total. The Balaban J connectivity index is 1.61. The molecule has 2 aliphatic rings. The molecule has 1 aromatic rings. The van der Waals surface area contributed by atoms with Crippen molar-refractivity contribution in [1.82, 2.24) is 10.2 Å². The van der Waals surface area contributed by atoms with Crippen LogP contribution in [0.2, 0.25) is 0 Å². The van der Waals surface area contributed by atoms with Crippen LogP contribution in [0.1, 0.15) is 36.4 Å². The highest BCUT2D eigenvalue weighted by atomic mass is 16.5. The van der Waals surface area contributed by atoms with Crippen LogP contribution in [-0.4, -0.2) is 42.8 Å².